The number of hydrogen-bond acceptors (Lipinski definition) is 8. The average Bonchev–Trinajstić information content (AvgIpc) is 2.60. The summed E-state index contributed by atoms with van der Waals surface area (Å²) in [5, 5.41) is 14.3. The molecule has 0 aromatic rings. The monoisotopic (exact) mass is 346 g/mol. The van der Waals surface area contributed by atoms with Gasteiger partial charge in [-0.3, -0.25) is 4.79 Å². The summed E-state index contributed by atoms with van der Waals surface area (Å²) < 4.78 is 22.0. The Morgan fingerprint density at radius 3 is 2.00 bits per heavy atom. The van der Waals surface area contributed by atoms with Crippen LogP contribution in [0.25, 0.3) is 0 Å². The molecule has 2 unspecified atom stereocenters. The lowest BCUT2D eigenvalue weighted by atomic mass is 10.6. The number of carboxylic acid groups (broad SMARTS) is 1. The molecule has 2 atom stereocenters. The molecule has 0 aliphatic carbocycles. The molecule has 11 nitrogen and oxygen atoms in total. The number of rotatable bonds is 6. The predicted octanol–water partition coefficient (Wildman–Crippen LogP) is -2.51. The second-order valence-corrected chi connectivity index (χ2v) is 8.06. The number of aliphatic hydroxyl groups is 1. The Morgan fingerprint density at radius 2 is 1.62 bits per heavy atom. The minimum absolute atomic E-state index is 0. The van der Waals surface area contributed by atoms with Crippen molar-refractivity contribution in [2.24, 2.45) is 0 Å². The first-order valence-corrected chi connectivity index (χ1v) is 8.21. The van der Waals surface area contributed by atoms with Crippen LogP contribution in [0.15, 0.2) is 12.4 Å². The van der Waals surface area contributed by atoms with E-state index in [0.717, 1.165) is 11.1 Å². The second kappa shape index (κ2) is 6.45. The molecule has 0 saturated carbocycles. The van der Waals surface area contributed by atoms with Crippen molar-refractivity contribution in [3.8, 4) is 0 Å². The van der Waals surface area contributed by atoms with Crippen LogP contribution in [0.1, 0.15) is 7.43 Å². The van der Waals surface area contributed by atoms with Crippen LogP contribution in [-0.2, 0) is 13.9 Å². The van der Waals surface area contributed by atoms with Gasteiger partial charge in [0.15, 0.2) is 15.2 Å². The predicted molar refractivity (Wildman–Crippen MR) is 66.4 cm³/mol. The maximum absolute atomic E-state index is 11.0. The molecule has 0 aromatic heterocycles. The number of nitrogens with zero attached hydrogens (tertiary/aromatic N) is 2. The lowest BCUT2D eigenvalue weighted by Gasteiger charge is -2.43. The van der Waals surface area contributed by atoms with Crippen LogP contribution in [0.4, 0.5) is 0 Å². The van der Waals surface area contributed by atoms with Crippen molar-refractivity contribution in [1.29, 1.82) is 0 Å². The molecule has 1 heterocycles. The first kappa shape index (κ1) is 20.1. The molecule has 0 aromatic carbocycles. The van der Waals surface area contributed by atoms with Crippen LogP contribution in [0.5, 0.6) is 0 Å². The zero-order valence-corrected chi connectivity index (χ0v) is 11.7. The highest BCUT2D eigenvalue weighted by molar-refractivity contribution is 7.70. The smallest absolute Gasteiger partial charge is 0.323 e. The van der Waals surface area contributed by atoms with E-state index < -0.39 is 39.3 Å². The van der Waals surface area contributed by atoms with E-state index in [1.165, 1.54) is 11.1 Å². The van der Waals surface area contributed by atoms with Crippen LogP contribution in [0.2, 0.25) is 0 Å². The summed E-state index contributed by atoms with van der Waals surface area (Å²) in [5.41, 5.74) is 0. The van der Waals surface area contributed by atoms with Gasteiger partial charge in [-0.1, -0.05) is 7.43 Å². The highest BCUT2D eigenvalue weighted by Gasteiger charge is 2.48. The van der Waals surface area contributed by atoms with Crippen LogP contribution in [0.3, 0.4) is 0 Å². The van der Waals surface area contributed by atoms with E-state index in [9.17, 15) is 28.8 Å². The Balaban J connectivity index is 0.00000400. The molecule has 0 bridgehead atoms. The maximum atomic E-state index is 11.0. The summed E-state index contributed by atoms with van der Waals surface area (Å²) in [6.45, 7) is -1.85. The fraction of sp³-hybridized carbons (Fsp3) is 0.625. The van der Waals surface area contributed by atoms with Gasteiger partial charge < -0.3 is 48.7 Å². The average molecular weight is 346 g/mol. The molecule has 1 aliphatic heterocycles. The first-order valence-electron chi connectivity index (χ1n) is 5.05. The van der Waals surface area contributed by atoms with Gasteiger partial charge in [-0.2, -0.15) is 0 Å². The molecule has 0 fully saturated rings. The minimum atomic E-state index is -5.84. The molecule has 1 aliphatic rings. The van der Waals surface area contributed by atoms with Crippen molar-refractivity contribution in [3.05, 3.63) is 12.4 Å². The Morgan fingerprint density at radius 1 is 1.19 bits per heavy atom. The Labute approximate surface area is 120 Å². The molecule has 0 radical (unpaired) electrons. The van der Waals surface area contributed by atoms with E-state index in [4.69, 9.17) is 14.9 Å². The quantitative estimate of drug-likeness (QED) is 0.372. The number of aliphatic carboxylic acids is 1. The number of β-amino-alcohol motifs (C(OH)–C–C–N with tert-alkyl or cyclic N) is 1. The summed E-state index contributed by atoms with van der Waals surface area (Å²) in [7, 11) is -11.7. The lowest BCUT2D eigenvalue weighted by Crippen LogP contribution is -2.46. The minimum Gasteiger partial charge on any atom is -0.776 e. The van der Waals surface area contributed by atoms with Crippen molar-refractivity contribution in [2.75, 3.05) is 19.8 Å². The molecule has 0 amide bonds. The van der Waals surface area contributed by atoms with Gasteiger partial charge in [-0.25, -0.2) is 0 Å². The molecular weight excluding hydrogens is 330 g/mol. The fourth-order valence-corrected chi connectivity index (χ4v) is 3.50. The number of carbonyl (C=O) groups is 1. The Hall–Kier alpha value is -0.930. The number of hydrogen-bond donors (Lipinski definition) is 4. The molecule has 124 valence electrons. The maximum Gasteiger partial charge on any atom is 0.323 e. The fourth-order valence-electron chi connectivity index (χ4n) is 1.51. The Bertz CT molecular complexity index is 488. The standard InChI is InChI=1S/C7H14N2O9P2.CH4/c10-6(11)3-8-1-2-9(5-8)4-7(12,19(13,14)15)20(16,17)18;/h1-2,12H,3-5H2,(H,10,11)(H2,13,14,15)(H2,16,17,18);1H4/p-2. The molecule has 0 spiro atoms. The van der Waals surface area contributed by atoms with Gasteiger partial charge in [0.1, 0.15) is 6.54 Å². The van der Waals surface area contributed by atoms with Gasteiger partial charge in [0.05, 0.1) is 13.2 Å². The topological polar surface area (TPSA) is 185 Å². The van der Waals surface area contributed by atoms with Crippen molar-refractivity contribution < 1.29 is 43.7 Å². The van der Waals surface area contributed by atoms with Crippen LogP contribution < -0.4 is 9.79 Å². The van der Waals surface area contributed by atoms with E-state index in [1.54, 1.807) is 0 Å². The van der Waals surface area contributed by atoms with Gasteiger partial charge in [-0.15, -0.1) is 0 Å². The third-order valence-electron chi connectivity index (χ3n) is 2.51. The molecular formula is C8H16N2O9P2-2. The highest BCUT2D eigenvalue weighted by atomic mass is 31.2. The third kappa shape index (κ3) is 4.52. The molecule has 13 heteroatoms. The van der Waals surface area contributed by atoms with E-state index in [2.05, 4.69) is 0 Å². The van der Waals surface area contributed by atoms with E-state index in [1.807, 2.05) is 0 Å². The van der Waals surface area contributed by atoms with Crippen molar-refractivity contribution in [1.82, 2.24) is 9.80 Å². The van der Waals surface area contributed by atoms with Crippen LogP contribution in [0, 0.1) is 0 Å². The largest absolute Gasteiger partial charge is 0.776 e. The van der Waals surface area contributed by atoms with Crippen molar-refractivity contribution >= 4 is 21.2 Å². The SMILES string of the molecule is C.O=C(O)CN1C=CN(CC(O)(P(=O)([O-])O)P(=O)([O-])O)C1. The van der Waals surface area contributed by atoms with Gasteiger partial charge >= 0.3 is 5.97 Å². The summed E-state index contributed by atoms with van der Waals surface area (Å²) in [5.74, 6) is -1.18. The summed E-state index contributed by atoms with van der Waals surface area (Å²) in [4.78, 5) is 52.1. The van der Waals surface area contributed by atoms with Crippen LogP contribution >= 0.6 is 15.2 Å². The van der Waals surface area contributed by atoms with E-state index in [0.29, 0.717) is 0 Å². The summed E-state index contributed by atoms with van der Waals surface area (Å²) in [6, 6.07) is 0. The number of carboxylic acids is 1. The highest BCUT2D eigenvalue weighted by Crippen LogP contribution is 2.63. The Kier molecular flexibility index (Phi) is 6.16. The molecule has 0 saturated heterocycles. The van der Waals surface area contributed by atoms with Gasteiger partial charge in [-0.05, 0) is 0 Å². The first-order chi connectivity index (χ1) is 8.87. The van der Waals surface area contributed by atoms with Gasteiger partial charge in [0.2, 0.25) is 5.08 Å². The summed E-state index contributed by atoms with van der Waals surface area (Å²) >= 11 is 0. The van der Waals surface area contributed by atoms with E-state index in [-0.39, 0.29) is 14.1 Å². The normalized spacial score (nSPS) is 22.9. The van der Waals surface area contributed by atoms with Crippen molar-refractivity contribution in [3.63, 3.8) is 0 Å². The van der Waals surface area contributed by atoms with E-state index >= 15 is 0 Å². The second-order valence-electron chi connectivity index (χ2n) is 4.14. The molecule has 1 rings (SSSR count). The zero-order chi connectivity index (χ0) is 15.8. The zero-order valence-electron chi connectivity index (χ0n) is 9.89. The van der Waals surface area contributed by atoms with Crippen LogP contribution in [-0.4, -0.2) is 60.6 Å². The van der Waals surface area contributed by atoms with Gasteiger partial charge in [0, 0.05) is 12.4 Å². The van der Waals surface area contributed by atoms with Gasteiger partial charge in [0.25, 0.3) is 0 Å². The molecule has 4 N–H and O–H groups in total. The van der Waals surface area contributed by atoms with Crippen molar-refractivity contribution in [2.45, 2.75) is 12.5 Å². The molecule has 21 heavy (non-hydrogen) atoms. The third-order valence-corrected chi connectivity index (χ3v) is 6.12. The lowest BCUT2D eigenvalue weighted by molar-refractivity contribution is -0.227. The summed E-state index contributed by atoms with van der Waals surface area (Å²) in [6.07, 6.45) is 2.33.